The Bertz CT molecular complexity index is 662. The summed E-state index contributed by atoms with van der Waals surface area (Å²) in [6.45, 7) is 5.14. The van der Waals surface area contributed by atoms with Crippen molar-refractivity contribution >= 4 is 0 Å². The first-order valence-corrected chi connectivity index (χ1v) is 9.51. The molecule has 0 saturated heterocycles. The van der Waals surface area contributed by atoms with Crippen LogP contribution in [0.2, 0.25) is 0 Å². The van der Waals surface area contributed by atoms with Gasteiger partial charge in [-0.3, -0.25) is 0 Å². The fourth-order valence-corrected chi connectivity index (χ4v) is 2.52. The maximum Gasteiger partial charge on any atom is 0.137 e. The zero-order valence-electron chi connectivity index (χ0n) is 15.6. The maximum atomic E-state index is 5.61. The Morgan fingerprint density at radius 3 is 2.32 bits per heavy atom. The van der Waals surface area contributed by atoms with Gasteiger partial charge in [0.05, 0.1) is 12.8 Å². The molecule has 25 heavy (non-hydrogen) atoms. The van der Waals surface area contributed by atoms with Crippen molar-refractivity contribution in [2.75, 3.05) is 6.61 Å². The summed E-state index contributed by atoms with van der Waals surface area (Å²) in [7, 11) is 0. The van der Waals surface area contributed by atoms with Crippen molar-refractivity contribution in [1.29, 1.82) is 0 Å². The molecule has 2 nitrogen and oxygen atoms in total. The summed E-state index contributed by atoms with van der Waals surface area (Å²) in [6.07, 6.45) is 10.3. The Kier molecular flexibility index (Phi) is 8.63. The molecule has 0 spiro atoms. The van der Waals surface area contributed by atoms with Crippen molar-refractivity contribution in [2.24, 2.45) is 0 Å². The highest BCUT2D eigenvalue weighted by Gasteiger charge is 1.96. The van der Waals surface area contributed by atoms with E-state index in [9.17, 15) is 0 Å². The van der Waals surface area contributed by atoms with E-state index in [1.165, 1.54) is 31.2 Å². The van der Waals surface area contributed by atoms with Crippen LogP contribution < -0.4 is 4.74 Å². The maximum absolute atomic E-state index is 5.61. The van der Waals surface area contributed by atoms with E-state index in [-0.39, 0.29) is 0 Å². The topological polar surface area (TPSA) is 22.1 Å². The molecule has 0 atom stereocenters. The molecular weight excluding hydrogens is 306 g/mol. The standard InChI is InChI=1S/C23H29NO/c1-3-5-7-8-9-20-10-12-21(13-11-20)14-15-22-16-17-23(19-24-22)25-18-6-4-2/h10-13,16-17,19H,3-9,18H2,1-2H3. The van der Waals surface area contributed by atoms with Crippen LogP contribution in [0.15, 0.2) is 42.6 Å². The van der Waals surface area contributed by atoms with E-state index in [0.717, 1.165) is 42.9 Å². The number of hydrogen-bond acceptors (Lipinski definition) is 2. The largest absolute Gasteiger partial charge is 0.492 e. The van der Waals surface area contributed by atoms with Gasteiger partial charge in [-0.2, -0.15) is 0 Å². The number of aryl methyl sites for hydroxylation is 1. The van der Waals surface area contributed by atoms with Crippen LogP contribution in [0, 0.1) is 11.8 Å². The Morgan fingerprint density at radius 2 is 1.64 bits per heavy atom. The molecule has 0 unspecified atom stereocenters. The highest BCUT2D eigenvalue weighted by atomic mass is 16.5. The van der Waals surface area contributed by atoms with E-state index >= 15 is 0 Å². The van der Waals surface area contributed by atoms with Gasteiger partial charge in [0.1, 0.15) is 11.4 Å². The van der Waals surface area contributed by atoms with Gasteiger partial charge in [0.25, 0.3) is 0 Å². The smallest absolute Gasteiger partial charge is 0.137 e. The molecule has 0 saturated carbocycles. The predicted molar refractivity (Wildman–Crippen MR) is 105 cm³/mol. The van der Waals surface area contributed by atoms with E-state index in [0.29, 0.717) is 0 Å². The van der Waals surface area contributed by atoms with E-state index in [2.05, 4.69) is 54.9 Å². The van der Waals surface area contributed by atoms with Crippen LogP contribution in [0.3, 0.4) is 0 Å². The number of pyridine rings is 1. The van der Waals surface area contributed by atoms with Gasteiger partial charge in [-0.15, -0.1) is 0 Å². The Labute approximate surface area is 152 Å². The van der Waals surface area contributed by atoms with E-state index in [4.69, 9.17) is 4.74 Å². The zero-order chi connectivity index (χ0) is 17.7. The Hall–Kier alpha value is -2.27. The van der Waals surface area contributed by atoms with Gasteiger partial charge >= 0.3 is 0 Å². The van der Waals surface area contributed by atoms with Crippen LogP contribution in [0.25, 0.3) is 0 Å². The third-order valence-electron chi connectivity index (χ3n) is 4.11. The van der Waals surface area contributed by atoms with Crippen LogP contribution in [-0.4, -0.2) is 11.6 Å². The summed E-state index contributed by atoms with van der Waals surface area (Å²) in [5.41, 5.74) is 3.20. The summed E-state index contributed by atoms with van der Waals surface area (Å²) >= 11 is 0. The van der Waals surface area contributed by atoms with Gasteiger partial charge < -0.3 is 4.74 Å². The fourth-order valence-electron chi connectivity index (χ4n) is 2.52. The van der Waals surface area contributed by atoms with E-state index in [1.807, 2.05) is 12.1 Å². The minimum absolute atomic E-state index is 0.744. The molecule has 1 aromatic carbocycles. The summed E-state index contributed by atoms with van der Waals surface area (Å²) in [4.78, 5) is 4.35. The number of unbranched alkanes of at least 4 members (excludes halogenated alkanes) is 4. The first kappa shape index (κ1) is 19.1. The normalized spacial score (nSPS) is 10.2. The number of aromatic nitrogens is 1. The third kappa shape index (κ3) is 7.44. The lowest BCUT2D eigenvalue weighted by Crippen LogP contribution is -1.97. The lowest BCUT2D eigenvalue weighted by Gasteiger charge is -2.03. The van der Waals surface area contributed by atoms with Crippen molar-refractivity contribution in [3.8, 4) is 17.6 Å². The fraction of sp³-hybridized carbons (Fsp3) is 0.435. The average molecular weight is 335 g/mol. The molecule has 0 fully saturated rings. The zero-order valence-corrected chi connectivity index (χ0v) is 15.6. The highest BCUT2D eigenvalue weighted by Crippen LogP contribution is 2.11. The van der Waals surface area contributed by atoms with Crippen LogP contribution >= 0.6 is 0 Å². The Morgan fingerprint density at radius 1 is 0.840 bits per heavy atom. The number of rotatable bonds is 9. The van der Waals surface area contributed by atoms with Crippen molar-refractivity contribution in [3.05, 3.63) is 59.4 Å². The number of benzene rings is 1. The molecule has 0 aliphatic heterocycles. The predicted octanol–water partition coefficient (Wildman–Crippen LogP) is 5.78. The second-order valence-electron chi connectivity index (χ2n) is 6.34. The lowest BCUT2D eigenvalue weighted by molar-refractivity contribution is 0.308. The number of nitrogens with zero attached hydrogens (tertiary/aromatic N) is 1. The highest BCUT2D eigenvalue weighted by molar-refractivity contribution is 5.41. The van der Waals surface area contributed by atoms with E-state index < -0.39 is 0 Å². The molecule has 2 rings (SSSR count). The molecule has 0 aliphatic carbocycles. The molecule has 0 amide bonds. The van der Waals surface area contributed by atoms with Crippen molar-refractivity contribution in [1.82, 2.24) is 4.98 Å². The molecule has 132 valence electrons. The van der Waals surface area contributed by atoms with E-state index in [1.54, 1.807) is 6.20 Å². The number of ether oxygens (including phenoxy) is 1. The first-order chi connectivity index (χ1) is 12.3. The number of hydrogen-bond donors (Lipinski definition) is 0. The summed E-state index contributed by atoms with van der Waals surface area (Å²) in [5.74, 6) is 7.11. The molecular formula is C23H29NO. The monoisotopic (exact) mass is 335 g/mol. The van der Waals surface area contributed by atoms with Gasteiger partial charge in [-0.1, -0.05) is 57.6 Å². The molecule has 2 heteroatoms. The second-order valence-corrected chi connectivity index (χ2v) is 6.34. The minimum atomic E-state index is 0.744. The molecule has 0 N–H and O–H groups in total. The van der Waals surface area contributed by atoms with Gasteiger partial charge in [0.2, 0.25) is 0 Å². The summed E-state index contributed by atoms with van der Waals surface area (Å²) in [5, 5.41) is 0. The molecule has 0 radical (unpaired) electrons. The van der Waals surface area contributed by atoms with Crippen LogP contribution in [0.4, 0.5) is 0 Å². The first-order valence-electron chi connectivity index (χ1n) is 9.51. The van der Waals surface area contributed by atoms with Crippen molar-refractivity contribution in [2.45, 2.75) is 58.8 Å². The van der Waals surface area contributed by atoms with Gasteiger partial charge in [-0.05, 0) is 55.0 Å². The van der Waals surface area contributed by atoms with Crippen molar-refractivity contribution in [3.63, 3.8) is 0 Å². The van der Waals surface area contributed by atoms with Crippen LogP contribution in [0.5, 0.6) is 5.75 Å². The molecule has 0 aliphatic rings. The Balaban J connectivity index is 1.85. The second kappa shape index (κ2) is 11.3. The lowest BCUT2D eigenvalue weighted by atomic mass is 10.0. The van der Waals surface area contributed by atoms with Gasteiger partial charge in [0, 0.05) is 5.56 Å². The van der Waals surface area contributed by atoms with Crippen molar-refractivity contribution < 1.29 is 4.74 Å². The average Bonchev–Trinajstić information content (AvgIpc) is 2.66. The van der Waals surface area contributed by atoms with Crippen LogP contribution in [-0.2, 0) is 6.42 Å². The SMILES string of the molecule is CCCCCCc1ccc(C#Cc2ccc(OCCCC)cn2)cc1. The third-order valence-corrected chi connectivity index (χ3v) is 4.11. The summed E-state index contributed by atoms with van der Waals surface area (Å²) < 4.78 is 5.61. The summed E-state index contributed by atoms with van der Waals surface area (Å²) in [6, 6.07) is 12.4. The van der Waals surface area contributed by atoms with Gasteiger partial charge in [-0.25, -0.2) is 4.98 Å². The van der Waals surface area contributed by atoms with Gasteiger partial charge in [0.15, 0.2) is 0 Å². The minimum Gasteiger partial charge on any atom is -0.492 e. The molecule has 0 bridgehead atoms. The molecule has 1 heterocycles. The van der Waals surface area contributed by atoms with Crippen LogP contribution in [0.1, 0.15) is 69.2 Å². The molecule has 2 aromatic rings. The quantitative estimate of drug-likeness (QED) is 0.428. The molecule has 1 aromatic heterocycles.